The lowest BCUT2D eigenvalue weighted by molar-refractivity contribution is -0.115. The average Bonchev–Trinajstić information content (AvgIpc) is 3.38. The molecule has 0 aliphatic rings. The number of hydrogen-bond acceptors (Lipinski definition) is 8. The van der Waals surface area contributed by atoms with E-state index in [4.69, 9.17) is 4.74 Å². The van der Waals surface area contributed by atoms with Gasteiger partial charge in [0.2, 0.25) is 11.0 Å². The van der Waals surface area contributed by atoms with E-state index in [9.17, 15) is 4.79 Å². The minimum absolute atomic E-state index is 0.0977. The Bertz CT molecular complexity index is 1110. The van der Waals surface area contributed by atoms with Crippen LogP contribution in [0.4, 0.5) is 5.13 Å². The van der Waals surface area contributed by atoms with Gasteiger partial charge in [-0.2, -0.15) is 0 Å². The number of rotatable bonds is 7. The van der Waals surface area contributed by atoms with E-state index < -0.39 is 0 Å². The van der Waals surface area contributed by atoms with Gasteiger partial charge in [0.05, 0.1) is 28.1 Å². The van der Waals surface area contributed by atoms with E-state index in [1.807, 2.05) is 55.5 Å². The number of benzene rings is 2. The summed E-state index contributed by atoms with van der Waals surface area (Å²) in [5.74, 6) is 0.624. The van der Waals surface area contributed by atoms with Gasteiger partial charge in [0.1, 0.15) is 5.75 Å². The van der Waals surface area contributed by atoms with Crippen LogP contribution in [0.2, 0.25) is 0 Å². The lowest BCUT2D eigenvalue weighted by Gasteiger charge is -2.11. The number of thioether (sulfide) groups is 1. The van der Waals surface area contributed by atoms with E-state index in [0.29, 0.717) is 16.6 Å². The highest BCUT2D eigenvalue weighted by Gasteiger charge is 2.22. The highest BCUT2D eigenvalue weighted by Crippen LogP contribution is 2.35. The van der Waals surface area contributed by atoms with Gasteiger partial charge < -0.3 is 4.74 Å². The molecule has 0 aliphatic carbocycles. The van der Waals surface area contributed by atoms with Crippen molar-refractivity contribution in [1.29, 1.82) is 0 Å². The summed E-state index contributed by atoms with van der Waals surface area (Å²) in [6.07, 6.45) is 0.685. The Labute approximate surface area is 180 Å². The number of amides is 1. The zero-order valence-electron chi connectivity index (χ0n) is 15.8. The van der Waals surface area contributed by atoms with Gasteiger partial charge in [-0.3, -0.25) is 10.1 Å². The number of carbonyl (C=O) groups excluding carboxylic acids is 1. The number of anilines is 1. The minimum atomic E-state index is -0.255. The third-order valence-corrected chi connectivity index (χ3v) is 7.54. The summed E-state index contributed by atoms with van der Waals surface area (Å²) < 4.78 is 7.39. The first kappa shape index (κ1) is 19.8. The first-order valence-corrected chi connectivity index (χ1v) is 11.5. The number of thiazole rings is 1. The number of carbonyl (C=O) groups is 1. The molecule has 0 saturated carbocycles. The predicted octanol–water partition coefficient (Wildman–Crippen LogP) is 5.33. The highest BCUT2D eigenvalue weighted by molar-refractivity contribution is 8.02. The Hall–Kier alpha value is -2.49. The number of fused-ring (bicyclic) bond motifs is 1. The summed E-state index contributed by atoms with van der Waals surface area (Å²) in [6.45, 7) is 1.99. The third kappa shape index (κ3) is 4.42. The molecule has 4 rings (SSSR count). The number of methoxy groups -OCH3 is 1. The fourth-order valence-electron chi connectivity index (χ4n) is 2.74. The van der Waals surface area contributed by atoms with E-state index in [2.05, 4.69) is 20.5 Å². The number of nitrogens with zero attached hydrogens (tertiary/aromatic N) is 3. The molecule has 2 heterocycles. The summed E-state index contributed by atoms with van der Waals surface area (Å²) in [6, 6.07) is 15.6. The van der Waals surface area contributed by atoms with Crippen LogP contribution in [0.3, 0.4) is 0 Å². The molecule has 0 bridgehead atoms. The maximum atomic E-state index is 12.8. The van der Waals surface area contributed by atoms with Crippen molar-refractivity contribution >= 4 is 55.7 Å². The van der Waals surface area contributed by atoms with Crippen molar-refractivity contribution in [1.82, 2.24) is 15.2 Å². The Morgan fingerprint density at radius 1 is 1.14 bits per heavy atom. The SMILES string of the molecule is CCC(Sc1nc2ccccc2s1)C(=O)Nc1nnc(-c2ccccc2OC)s1. The van der Waals surface area contributed by atoms with Gasteiger partial charge in [-0.15, -0.1) is 21.5 Å². The van der Waals surface area contributed by atoms with Crippen LogP contribution in [0, 0.1) is 0 Å². The highest BCUT2D eigenvalue weighted by atomic mass is 32.2. The molecule has 0 aliphatic heterocycles. The maximum Gasteiger partial charge on any atom is 0.239 e. The van der Waals surface area contributed by atoms with Crippen LogP contribution in [0.1, 0.15) is 13.3 Å². The molecule has 1 amide bonds. The summed E-state index contributed by atoms with van der Waals surface area (Å²) >= 11 is 4.41. The average molecular weight is 443 g/mol. The molecular weight excluding hydrogens is 424 g/mol. The molecule has 6 nitrogen and oxygen atoms in total. The standard InChI is InChI=1S/C20H18N4O2S3/c1-3-15(27-20-21-13-9-5-7-11-16(13)28-20)17(25)22-19-24-23-18(29-19)12-8-4-6-10-14(12)26-2/h4-11,15H,3H2,1-2H3,(H,22,24,25). The zero-order valence-corrected chi connectivity index (χ0v) is 18.2. The summed E-state index contributed by atoms with van der Waals surface area (Å²) in [5, 5.41) is 12.1. The first-order valence-electron chi connectivity index (χ1n) is 8.98. The van der Waals surface area contributed by atoms with Crippen molar-refractivity contribution in [3.8, 4) is 16.3 Å². The molecule has 1 unspecified atom stereocenters. The molecule has 2 aromatic heterocycles. The van der Waals surface area contributed by atoms with Gasteiger partial charge in [-0.05, 0) is 30.7 Å². The van der Waals surface area contributed by atoms with Crippen LogP contribution in [-0.2, 0) is 4.79 Å². The monoisotopic (exact) mass is 442 g/mol. The Morgan fingerprint density at radius 2 is 1.93 bits per heavy atom. The lowest BCUT2D eigenvalue weighted by atomic mass is 10.2. The van der Waals surface area contributed by atoms with Crippen molar-refractivity contribution in [3.63, 3.8) is 0 Å². The molecule has 1 N–H and O–H groups in total. The third-order valence-electron chi connectivity index (χ3n) is 4.17. The zero-order chi connectivity index (χ0) is 20.2. The van der Waals surface area contributed by atoms with Crippen molar-refractivity contribution in [2.45, 2.75) is 22.9 Å². The van der Waals surface area contributed by atoms with E-state index >= 15 is 0 Å². The molecule has 0 fully saturated rings. The largest absolute Gasteiger partial charge is 0.496 e. The quantitative estimate of drug-likeness (QED) is 0.390. The van der Waals surface area contributed by atoms with Crippen molar-refractivity contribution < 1.29 is 9.53 Å². The first-order chi connectivity index (χ1) is 14.2. The predicted molar refractivity (Wildman–Crippen MR) is 120 cm³/mol. The van der Waals surface area contributed by atoms with Gasteiger partial charge in [0.25, 0.3) is 0 Å². The molecule has 1 atom stereocenters. The second kappa shape index (κ2) is 8.89. The van der Waals surface area contributed by atoms with Crippen LogP contribution >= 0.6 is 34.4 Å². The van der Waals surface area contributed by atoms with E-state index in [1.54, 1.807) is 18.4 Å². The molecule has 0 radical (unpaired) electrons. The molecule has 0 saturated heterocycles. The van der Waals surface area contributed by atoms with E-state index in [1.165, 1.54) is 23.1 Å². The number of para-hydroxylation sites is 2. The Morgan fingerprint density at radius 3 is 2.72 bits per heavy atom. The Kier molecular flexibility index (Phi) is 6.08. The normalized spacial score (nSPS) is 12.1. The molecule has 2 aromatic carbocycles. The van der Waals surface area contributed by atoms with Gasteiger partial charge in [0, 0.05) is 0 Å². The van der Waals surface area contributed by atoms with Gasteiger partial charge >= 0.3 is 0 Å². The smallest absolute Gasteiger partial charge is 0.239 e. The number of ether oxygens (including phenoxy) is 1. The molecular formula is C20H18N4O2S3. The molecule has 148 valence electrons. The fraction of sp³-hybridized carbons (Fsp3) is 0.200. The van der Waals surface area contributed by atoms with Crippen LogP contribution in [0.25, 0.3) is 20.8 Å². The summed E-state index contributed by atoms with van der Waals surface area (Å²) in [7, 11) is 1.62. The summed E-state index contributed by atoms with van der Waals surface area (Å²) in [5.41, 5.74) is 1.81. The fourth-order valence-corrected chi connectivity index (χ4v) is 5.75. The van der Waals surface area contributed by atoms with Gasteiger partial charge in [0.15, 0.2) is 9.35 Å². The maximum absolute atomic E-state index is 12.8. The van der Waals surface area contributed by atoms with Gasteiger partial charge in [-0.1, -0.05) is 54.3 Å². The Balaban J connectivity index is 1.47. The lowest BCUT2D eigenvalue weighted by Crippen LogP contribution is -2.24. The van der Waals surface area contributed by atoms with Crippen molar-refractivity contribution in [2.75, 3.05) is 12.4 Å². The van der Waals surface area contributed by atoms with Crippen LogP contribution in [0.5, 0.6) is 5.75 Å². The van der Waals surface area contributed by atoms with Crippen LogP contribution in [-0.4, -0.2) is 33.4 Å². The number of hydrogen-bond donors (Lipinski definition) is 1. The molecule has 29 heavy (non-hydrogen) atoms. The minimum Gasteiger partial charge on any atom is -0.496 e. The molecule has 0 spiro atoms. The molecule has 4 aromatic rings. The second-order valence-corrected chi connectivity index (χ2v) is 9.52. The summed E-state index contributed by atoms with van der Waals surface area (Å²) in [4.78, 5) is 17.4. The van der Waals surface area contributed by atoms with E-state index in [-0.39, 0.29) is 11.2 Å². The number of nitrogens with one attached hydrogen (secondary N) is 1. The van der Waals surface area contributed by atoms with Crippen LogP contribution < -0.4 is 10.1 Å². The van der Waals surface area contributed by atoms with Gasteiger partial charge in [-0.25, -0.2) is 4.98 Å². The topological polar surface area (TPSA) is 77.0 Å². The molecule has 9 heteroatoms. The second-order valence-electron chi connectivity index (χ2n) is 6.06. The number of aromatic nitrogens is 3. The van der Waals surface area contributed by atoms with Crippen molar-refractivity contribution in [2.24, 2.45) is 0 Å². The van der Waals surface area contributed by atoms with Crippen molar-refractivity contribution in [3.05, 3.63) is 48.5 Å². The van der Waals surface area contributed by atoms with E-state index in [0.717, 1.165) is 25.9 Å². The van der Waals surface area contributed by atoms with Crippen LogP contribution in [0.15, 0.2) is 52.9 Å².